The highest BCUT2D eigenvalue weighted by Crippen LogP contribution is 2.19. The number of nitrogens with one attached hydrogen (secondary N) is 2. The number of carbonyl (C=O) groups excluding carboxylic acids is 2. The van der Waals surface area contributed by atoms with Gasteiger partial charge in [-0.3, -0.25) is 10.1 Å². The van der Waals surface area contributed by atoms with Gasteiger partial charge < -0.3 is 5.32 Å². The fourth-order valence-electron chi connectivity index (χ4n) is 1.02. The molecule has 0 aromatic heterocycles. The van der Waals surface area contributed by atoms with Crippen LogP contribution in [0.4, 0.5) is 14.9 Å². The summed E-state index contributed by atoms with van der Waals surface area (Å²) in [6.07, 6.45) is 0.0238. The van der Waals surface area contributed by atoms with E-state index >= 15 is 0 Å². The van der Waals surface area contributed by atoms with Crippen molar-refractivity contribution in [2.24, 2.45) is 0 Å². The first-order valence-electron chi connectivity index (χ1n) is 4.65. The number of hydrogen-bond acceptors (Lipinski definition) is 2. The second kappa shape index (κ2) is 6.56. The molecule has 92 valence electrons. The average Bonchev–Trinajstić information content (AvgIpc) is 2.23. The van der Waals surface area contributed by atoms with Crippen LogP contribution in [0.1, 0.15) is 6.42 Å². The monoisotopic (exact) mass is 322 g/mol. The summed E-state index contributed by atoms with van der Waals surface area (Å²) in [6.45, 7) is 0. The first-order valence-corrected chi connectivity index (χ1v) is 5.97. The summed E-state index contributed by atoms with van der Waals surface area (Å²) < 4.78 is 13.9. The number of hydrogen-bond donors (Lipinski definition) is 2. The molecule has 4 nitrogen and oxygen atoms in total. The maximum Gasteiger partial charge on any atom is 0.325 e. The fourth-order valence-corrected chi connectivity index (χ4v) is 1.55. The molecule has 1 aromatic rings. The molecule has 0 bridgehead atoms. The highest BCUT2D eigenvalue weighted by Gasteiger charge is 2.10. The third-order valence-corrected chi connectivity index (χ3v) is 2.43. The van der Waals surface area contributed by atoms with E-state index in [1.54, 1.807) is 0 Å². The van der Waals surface area contributed by atoms with E-state index in [9.17, 15) is 14.0 Å². The third-order valence-electron chi connectivity index (χ3n) is 1.75. The molecule has 1 aromatic carbocycles. The zero-order valence-electron chi connectivity index (χ0n) is 8.60. The van der Waals surface area contributed by atoms with Gasteiger partial charge in [-0.1, -0.05) is 15.9 Å². The molecular formula is C10H9BrClFN2O2. The van der Waals surface area contributed by atoms with Crippen molar-refractivity contribution in [1.82, 2.24) is 5.32 Å². The van der Waals surface area contributed by atoms with Gasteiger partial charge in [0.15, 0.2) is 0 Å². The Kier molecular flexibility index (Phi) is 5.37. The van der Waals surface area contributed by atoms with Gasteiger partial charge in [-0.15, -0.1) is 11.6 Å². The number of anilines is 1. The summed E-state index contributed by atoms with van der Waals surface area (Å²) in [6, 6.07) is 3.29. The molecule has 0 aliphatic rings. The highest BCUT2D eigenvalue weighted by molar-refractivity contribution is 9.10. The molecular weight excluding hydrogens is 314 g/mol. The lowest BCUT2D eigenvalue weighted by Crippen LogP contribution is -2.34. The van der Waals surface area contributed by atoms with Crippen LogP contribution in [0.5, 0.6) is 0 Å². The van der Waals surface area contributed by atoms with Gasteiger partial charge in [0.05, 0.1) is 5.69 Å². The molecule has 0 radical (unpaired) electrons. The Hall–Kier alpha value is -1.14. The number of rotatable bonds is 3. The van der Waals surface area contributed by atoms with Gasteiger partial charge in [0.2, 0.25) is 5.91 Å². The van der Waals surface area contributed by atoms with E-state index in [0.717, 1.165) is 0 Å². The van der Waals surface area contributed by atoms with Crippen molar-refractivity contribution < 1.29 is 14.0 Å². The van der Waals surface area contributed by atoms with Gasteiger partial charge in [-0.25, -0.2) is 9.18 Å². The minimum absolute atomic E-state index is 0.0180. The molecule has 0 atom stereocenters. The van der Waals surface area contributed by atoms with E-state index in [-0.39, 0.29) is 18.0 Å². The number of amides is 3. The summed E-state index contributed by atoms with van der Waals surface area (Å²) in [5.41, 5.74) is -0.0180. The van der Waals surface area contributed by atoms with Crippen molar-refractivity contribution in [3.63, 3.8) is 0 Å². The SMILES string of the molecule is O=C(CCCl)NC(=O)Nc1cc(Br)ccc1F. The van der Waals surface area contributed by atoms with Gasteiger partial charge >= 0.3 is 6.03 Å². The van der Waals surface area contributed by atoms with Crippen molar-refractivity contribution in [3.8, 4) is 0 Å². The van der Waals surface area contributed by atoms with E-state index in [1.165, 1.54) is 18.2 Å². The number of halogens is 3. The van der Waals surface area contributed by atoms with Crippen molar-refractivity contribution in [2.45, 2.75) is 6.42 Å². The summed E-state index contributed by atoms with van der Waals surface area (Å²) >= 11 is 8.47. The molecule has 0 spiro atoms. The quantitative estimate of drug-likeness (QED) is 0.840. The summed E-state index contributed by atoms with van der Waals surface area (Å²) in [4.78, 5) is 22.3. The van der Waals surface area contributed by atoms with Crippen LogP contribution < -0.4 is 10.6 Å². The lowest BCUT2D eigenvalue weighted by molar-refractivity contribution is -0.119. The van der Waals surface area contributed by atoms with Crippen LogP contribution in [-0.2, 0) is 4.79 Å². The lowest BCUT2D eigenvalue weighted by Gasteiger charge is -2.07. The lowest BCUT2D eigenvalue weighted by atomic mass is 10.3. The molecule has 3 amide bonds. The van der Waals surface area contributed by atoms with Crippen LogP contribution in [-0.4, -0.2) is 17.8 Å². The maximum absolute atomic E-state index is 13.2. The van der Waals surface area contributed by atoms with Gasteiger partial charge in [-0.05, 0) is 18.2 Å². The molecule has 0 aliphatic heterocycles. The Morgan fingerprint density at radius 3 is 2.76 bits per heavy atom. The Labute approximate surface area is 111 Å². The van der Waals surface area contributed by atoms with E-state index < -0.39 is 17.8 Å². The van der Waals surface area contributed by atoms with Crippen LogP contribution in [0.2, 0.25) is 0 Å². The van der Waals surface area contributed by atoms with Crippen molar-refractivity contribution in [1.29, 1.82) is 0 Å². The van der Waals surface area contributed by atoms with Crippen LogP contribution in [0.25, 0.3) is 0 Å². The first kappa shape index (κ1) is 13.9. The number of carbonyl (C=O) groups is 2. The van der Waals surface area contributed by atoms with Gasteiger partial charge in [0.1, 0.15) is 5.82 Å². The van der Waals surface area contributed by atoms with Crippen LogP contribution >= 0.6 is 27.5 Å². The molecule has 1 rings (SSSR count). The second-order valence-electron chi connectivity index (χ2n) is 3.07. The molecule has 0 heterocycles. The Balaban J connectivity index is 2.62. The average molecular weight is 324 g/mol. The Morgan fingerprint density at radius 1 is 1.41 bits per heavy atom. The first-order chi connectivity index (χ1) is 8.02. The van der Waals surface area contributed by atoms with Crippen LogP contribution in [0, 0.1) is 5.82 Å². The minimum atomic E-state index is -0.794. The molecule has 0 unspecified atom stereocenters. The zero-order valence-corrected chi connectivity index (χ0v) is 10.9. The fraction of sp³-hybridized carbons (Fsp3) is 0.200. The summed E-state index contributed by atoms with van der Waals surface area (Å²) in [5, 5.41) is 4.24. The highest BCUT2D eigenvalue weighted by atomic mass is 79.9. The van der Waals surface area contributed by atoms with Gasteiger partial charge in [-0.2, -0.15) is 0 Å². The number of alkyl halides is 1. The van der Waals surface area contributed by atoms with E-state index in [1.807, 2.05) is 5.32 Å². The molecule has 2 N–H and O–H groups in total. The molecule has 0 fully saturated rings. The molecule has 0 saturated carbocycles. The summed E-state index contributed by atoms with van der Waals surface area (Å²) in [5.74, 6) is -0.995. The van der Waals surface area contributed by atoms with Crippen molar-refractivity contribution in [2.75, 3.05) is 11.2 Å². The Morgan fingerprint density at radius 2 is 2.12 bits per heavy atom. The topological polar surface area (TPSA) is 58.2 Å². The second-order valence-corrected chi connectivity index (χ2v) is 4.36. The van der Waals surface area contributed by atoms with Gasteiger partial charge in [0.25, 0.3) is 0 Å². The normalized spacial score (nSPS) is 9.82. The molecule has 0 saturated heterocycles. The van der Waals surface area contributed by atoms with E-state index in [0.29, 0.717) is 4.47 Å². The number of imide groups is 1. The number of urea groups is 1. The predicted molar refractivity (Wildman–Crippen MR) is 66.6 cm³/mol. The van der Waals surface area contributed by atoms with Crippen LogP contribution in [0.15, 0.2) is 22.7 Å². The largest absolute Gasteiger partial charge is 0.325 e. The maximum atomic E-state index is 13.2. The van der Waals surface area contributed by atoms with E-state index in [2.05, 4.69) is 21.2 Å². The van der Waals surface area contributed by atoms with Crippen molar-refractivity contribution >= 4 is 45.2 Å². The smallest absolute Gasteiger partial charge is 0.305 e. The Bertz CT molecular complexity index is 442. The predicted octanol–water partition coefficient (Wildman–Crippen LogP) is 2.87. The number of benzene rings is 1. The van der Waals surface area contributed by atoms with Crippen molar-refractivity contribution in [3.05, 3.63) is 28.5 Å². The zero-order chi connectivity index (χ0) is 12.8. The minimum Gasteiger partial charge on any atom is -0.305 e. The molecule has 17 heavy (non-hydrogen) atoms. The molecule has 7 heteroatoms. The van der Waals surface area contributed by atoms with Gasteiger partial charge in [0, 0.05) is 16.8 Å². The summed E-state index contributed by atoms with van der Waals surface area (Å²) in [7, 11) is 0. The molecule has 0 aliphatic carbocycles. The van der Waals surface area contributed by atoms with Crippen LogP contribution in [0.3, 0.4) is 0 Å². The third kappa shape index (κ3) is 4.70. The standard InChI is InChI=1S/C10H9BrClFN2O2/c11-6-1-2-7(13)8(5-6)14-10(17)15-9(16)3-4-12/h1-2,5H,3-4H2,(H2,14,15,16,17). The van der Waals surface area contributed by atoms with E-state index in [4.69, 9.17) is 11.6 Å².